The van der Waals surface area contributed by atoms with Crippen LogP contribution in [0.2, 0.25) is 0 Å². The third kappa shape index (κ3) is 15.1. The number of nitrogens with zero attached hydrogens (tertiary/aromatic N) is 3. The molecule has 0 radical (unpaired) electrons. The number of phosphoric acid groups is 1. The first-order valence-electron chi connectivity index (χ1n) is 20.8. The fraction of sp³-hybridized carbons (Fsp3) is 0.707. The van der Waals surface area contributed by atoms with Crippen LogP contribution in [0.3, 0.4) is 0 Å². The number of ether oxygens (including phenoxy) is 3. The molecule has 1 aromatic carbocycles. The number of phosphoric ester groups is 1. The highest BCUT2D eigenvalue weighted by Gasteiger charge is 2.53. The maximum Gasteiger partial charge on any atom is 0.472 e. The van der Waals surface area contributed by atoms with E-state index in [0.29, 0.717) is 18.0 Å². The van der Waals surface area contributed by atoms with Crippen LogP contribution >= 0.6 is 7.82 Å². The summed E-state index contributed by atoms with van der Waals surface area (Å²) < 4.78 is 57.6. The van der Waals surface area contributed by atoms with Gasteiger partial charge in [-0.25, -0.2) is 13.9 Å². The number of hydrogen-bond acceptors (Lipinski definition) is 12. The number of rotatable bonds is 29. The number of nitrogens with one attached hydrogen (secondary N) is 1. The highest BCUT2D eigenvalue weighted by atomic mass is 31.2. The van der Waals surface area contributed by atoms with Crippen molar-refractivity contribution < 1.29 is 47.3 Å². The Kier molecular flexibility index (Phi) is 20.1. The van der Waals surface area contributed by atoms with Gasteiger partial charge in [0, 0.05) is 12.2 Å². The van der Waals surface area contributed by atoms with Crippen molar-refractivity contribution in [3.05, 3.63) is 58.7 Å². The zero-order chi connectivity index (χ0) is 41.1. The molecule has 2 aromatic rings. The molecule has 0 saturated carbocycles. The van der Waals surface area contributed by atoms with Crippen LogP contribution in [-0.4, -0.2) is 76.5 Å². The summed E-state index contributed by atoms with van der Waals surface area (Å²) in [7, 11) is -4.76. The summed E-state index contributed by atoms with van der Waals surface area (Å²) in [5.41, 5.74) is 8.79. The van der Waals surface area contributed by atoms with E-state index in [1.807, 2.05) is 6.07 Å². The molecule has 1 fully saturated rings. The monoisotopic (exact) mass is 821 g/mol. The van der Waals surface area contributed by atoms with Crippen LogP contribution in [-0.2, 0) is 34.4 Å². The summed E-state index contributed by atoms with van der Waals surface area (Å²) in [6, 6.07) is 9.31. The first-order chi connectivity index (χ1) is 27.5. The van der Waals surface area contributed by atoms with Gasteiger partial charge >= 0.3 is 7.82 Å². The molecule has 3 heterocycles. The minimum atomic E-state index is -4.76. The van der Waals surface area contributed by atoms with Gasteiger partial charge in [0.25, 0.3) is 0 Å². The number of nitrogens with two attached hydrogens (primary N) is 1. The number of nitriles is 1. The average molecular weight is 822 g/mol. The lowest BCUT2D eigenvalue weighted by molar-refractivity contribution is -0.102. The molecule has 0 amide bonds. The van der Waals surface area contributed by atoms with Crippen LogP contribution in [0, 0.1) is 17.1 Å². The Hall–Kier alpha value is -2.74. The number of fused-ring (bicyclic) bond motifs is 1. The summed E-state index contributed by atoms with van der Waals surface area (Å²) in [5, 5.41) is 30.9. The minimum absolute atomic E-state index is 0.00802. The summed E-state index contributed by atoms with van der Waals surface area (Å²) in [4.78, 5) is 14.7. The molecule has 14 nitrogen and oxygen atoms in total. The van der Waals surface area contributed by atoms with Crippen molar-refractivity contribution in [2.45, 2.75) is 159 Å². The molecule has 1 aromatic heterocycles. The van der Waals surface area contributed by atoms with Crippen LogP contribution in [0.4, 0.5) is 4.39 Å². The standard InChI is InChI=1S/C41H65FN5O9P/c1-3-4-5-6-7-8-9-10-11-12-13-14-15-16-17-18-23-52-27-33(53-26-32-20-19-31(25-43)24-34(32)42)28-54-57(50,51)55-29-41(2)39(49)37(48)38(56-41)35-21-22-36-40(44)45-30-46-47(35)36/h19-22,24,30,33,37-40,48-49H,3-18,23,26-29,44H2,1-2H3,(H,45,46)(H,50,51)/t33-,37+,38+,39+,40?,41-/m1/s1. The lowest BCUT2D eigenvalue weighted by Gasteiger charge is -2.28. The van der Waals surface area contributed by atoms with Gasteiger partial charge in [-0.05, 0) is 37.6 Å². The predicted molar refractivity (Wildman–Crippen MR) is 215 cm³/mol. The summed E-state index contributed by atoms with van der Waals surface area (Å²) in [5.74, 6) is -0.616. The lowest BCUT2D eigenvalue weighted by Crippen LogP contribution is -2.44. The van der Waals surface area contributed by atoms with Crippen molar-refractivity contribution in [1.29, 1.82) is 5.26 Å². The van der Waals surface area contributed by atoms with Crippen LogP contribution in [0.5, 0.6) is 0 Å². The number of hydrogen-bond donors (Lipinski definition) is 5. The first kappa shape index (κ1) is 46.9. The molecule has 57 heavy (non-hydrogen) atoms. The predicted octanol–water partition coefficient (Wildman–Crippen LogP) is 7.59. The van der Waals surface area contributed by atoms with E-state index >= 15 is 0 Å². The molecule has 7 atom stereocenters. The number of aliphatic hydroxyl groups excluding tert-OH is 2. The van der Waals surface area contributed by atoms with Gasteiger partial charge in [-0.2, -0.15) is 5.26 Å². The number of aromatic nitrogens is 1. The van der Waals surface area contributed by atoms with E-state index in [-0.39, 0.29) is 24.3 Å². The molecular formula is C41H65FN5O9P. The highest BCUT2D eigenvalue weighted by molar-refractivity contribution is 7.47. The molecule has 6 N–H and O–H groups in total. The molecule has 320 valence electrons. The Labute approximate surface area is 337 Å². The fourth-order valence-electron chi connectivity index (χ4n) is 7.11. The number of benzene rings is 1. The van der Waals surface area contributed by atoms with Gasteiger partial charge in [-0.1, -0.05) is 109 Å². The Balaban J connectivity index is 1.18. The van der Waals surface area contributed by atoms with Crippen molar-refractivity contribution in [1.82, 2.24) is 4.68 Å². The third-order valence-corrected chi connectivity index (χ3v) is 11.6. The van der Waals surface area contributed by atoms with Crippen molar-refractivity contribution in [2.75, 3.05) is 31.9 Å². The maximum atomic E-state index is 14.6. The van der Waals surface area contributed by atoms with Crippen molar-refractivity contribution >= 4 is 14.2 Å². The average Bonchev–Trinajstić information content (AvgIpc) is 3.73. The van der Waals surface area contributed by atoms with E-state index in [4.69, 9.17) is 34.3 Å². The molecular weight excluding hydrogens is 756 g/mol. The SMILES string of the molecule is CCCCCCCCCCCCCCCCCCOC[C@H](COP(=O)(O)OC[C@@]1(C)O[C@@H](c2ccc3n2NC=NC3N)[C@H](O)[C@@H]1O)OCc1ccc(C#N)cc1F. The molecule has 2 unspecified atom stereocenters. The van der Waals surface area contributed by atoms with Crippen LogP contribution in [0.1, 0.15) is 151 Å². The topological polar surface area (TPSA) is 203 Å². The highest BCUT2D eigenvalue weighted by Crippen LogP contribution is 2.48. The quantitative estimate of drug-likeness (QED) is 0.0398. The van der Waals surface area contributed by atoms with Crippen molar-refractivity contribution in [2.24, 2.45) is 10.7 Å². The van der Waals surface area contributed by atoms with E-state index in [1.54, 1.807) is 16.8 Å². The second-order valence-electron chi connectivity index (χ2n) is 15.4. The molecule has 0 spiro atoms. The molecule has 16 heteroatoms. The second-order valence-corrected chi connectivity index (χ2v) is 16.9. The lowest BCUT2D eigenvalue weighted by atomic mass is 9.97. The van der Waals surface area contributed by atoms with Gasteiger partial charge < -0.3 is 35.1 Å². The van der Waals surface area contributed by atoms with Crippen LogP contribution in [0.15, 0.2) is 35.3 Å². The minimum Gasteiger partial charge on any atom is -0.387 e. The Morgan fingerprint density at radius 2 is 1.58 bits per heavy atom. The first-order valence-corrected chi connectivity index (χ1v) is 22.3. The molecule has 2 aliphatic heterocycles. The zero-order valence-corrected chi connectivity index (χ0v) is 34.6. The fourth-order valence-corrected chi connectivity index (χ4v) is 7.96. The Bertz CT molecular complexity index is 1610. The van der Waals surface area contributed by atoms with Gasteiger partial charge in [0.2, 0.25) is 0 Å². The molecule has 2 aliphatic rings. The summed E-state index contributed by atoms with van der Waals surface area (Å²) >= 11 is 0. The van der Waals surface area contributed by atoms with Crippen molar-refractivity contribution in [3.8, 4) is 6.07 Å². The van der Waals surface area contributed by atoms with Gasteiger partial charge in [0.1, 0.15) is 48.3 Å². The molecule has 1 saturated heterocycles. The Morgan fingerprint density at radius 3 is 2.19 bits per heavy atom. The number of unbranched alkanes of at least 4 members (excludes halogenated alkanes) is 15. The number of aliphatic hydroxyl groups is 2. The number of halogens is 1. The smallest absolute Gasteiger partial charge is 0.387 e. The molecule has 0 bridgehead atoms. The van der Waals surface area contributed by atoms with E-state index in [9.17, 15) is 24.1 Å². The molecule has 0 aliphatic carbocycles. The van der Waals surface area contributed by atoms with Gasteiger partial charge in [0.15, 0.2) is 0 Å². The maximum absolute atomic E-state index is 14.6. The van der Waals surface area contributed by atoms with E-state index in [2.05, 4.69) is 17.3 Å². The normalized spacial score (nSPS) is 23.2. The summed E-state index contributed by atoms with van der Waals surface area (Å²) in [6.45, 7) is 2.93. The van der Waals surface area contributed by atoms with Gasteiger partial charge in [0.05, 0.1) is 49.4 Å². The Morgan fingerprint density at radius 1 is 0.965 bits per heavy atom. The van der Waals surface area contributed by atoms with Gasteiger partial charge in [-0.15, -0.1) is 0 Å². The van der Waals surface area contributed by atoms with Crippen molar-refractivity contribution in [3.63, 3.8) is 0 Å². The zero-order valence-electron chi connectivity index (χ0n) is 33.7. The second kappa shape index (κ2) is 24.4. The summed E-state index contributed by atoms with van der Waals surface area (Å²) in [6.07, 6.45) is 16.2. The number of aliphatic imine (C=N–C) groups is 1. The van der Waals surface area contributed by atoms with Crippen LogP contribution in [0.25, 0.3) is 0 Å². The van der Waals surface area contributed by atoms with Crippen LogP contribution < -0.4 is 11.2 Å². The van der Waals surface area contributed by atoms with E-state index < -0.39 is 63.0 Å². The van der Waals surface area contributed by atoms with E-state index in [0.717, 1.165) is 25.3 Å². The largest absolute Gasteiger partial charge is 0.472 e. The van der Waals surface area contributed by atoms with E-state index in [1.165, 1.54) is 109 Å². The van der Waals surface area contributed by atoms with Gasteiger partial charge in [-0.3, -0.25) is 19.1 Å². The third-order valence-electron chi connectivity index (χ3n) is 10.7. The molecule has 4 rings (SSSR count).